The van der Waals surface area contributed by atoms with Crippen LogP contribution < -0.4 is 5.32 Å². The van der Waals surface area contributed by atoms with Gasteiger partial charge >= 0.3 is 0 Å². The van der Waals surface area contributed by atoms with Crippen LogP contribution in [0.2, 0.25) is 0 Å². The number of nitrogens with one attached hydrogen (secondary N) is 1. The predicted octanol–water partition coefficient (Wildman–Crippen LogP) is 2.56. The first-order chi connectivity index (χ1) is 8.13. The van der Waals surface area contributed by atoms with Gasteiger partial charge in [0.05, 0.1) is 17.3 Å². The number of aryl methyl sites for hydroxylation is 3. The van der Waals surface area contributed by atoms with Crippen molar-refractivity contribution in [1.29, 1.82) is 0 Å². The van der Waals surface area contributed by atoms with Gasteiger partial charge in [-0.05, 0) is 39.2 Å². The molecular weight excluding hydrogens is 232 g/mol. The zero-order valence-electron chi connectivity index (χ0n) is 11.4. The first-order valence-electron chi connectivity index (χ1n) is 6.26. The molecular formula is C13H24N2OS. The lowest BCUT2D eigenvalue weighted by atomic mass is 10.1. The van der Waals surface area contributed by atoms with Gasteiger partial charge in [0.1, 0.15) is 0 Å². The molecule has 0 radical (unpaired) electrons. The Balaban J connectivity index is 2.17. The van der Waals surface area contributed by atoms with E-state index in [1.54, 1.807) is 7.11 Å². The number of nitrogens with zero attached hydrogens (tertiary/aromatic N) is 1. The van der Waals surface area contributed by atoms with Crippen molar-refractivity contribution in [2.45, 2.75) is 33.6 Å². The first kappa shape index (κ1) is 14.6. The summed E-state index contributed by atoms with van der Waals surface area (Å²) in [5, 5.41) is 4.68. The van der Waals surface area contributed by atoms with Crippen LogP contribution in [0.25, 0.3) is 0 Å². The Bertz CT molecular complexity index is 306. The molecule has 0 bridgehead atoms. The lowest BCUT2D eigenvalue weighted by molar-refractivity contribution is 0.198. The molecule has 1 heterocycles. The lowest BCUT2D eigenvalue weighted by Gasteiger charge is -2.11. The van der Waals surface area contributed by atoms with Crippen LogP contribution in [-0.4, -0.2) is 31.8 Å². The summed E-state index contributed by atoms with van der Waals surface area (Å²) in [4.78, 5) is 5.92. The second-order valence-electron chi connectivity index (χ2n) is 4.59. The molecule has 0 aromatic carbocycles. The first-order valence-corrected chi connectivity index (χ1v) is 7.07. The average Bonchev–Trinajstić information content (AvgIpc) is 2.62. The number of rotatable bonds is 8. The number of ether oxygens (including phenoxy) is 1. The Morgan fingerprint density at radius 2 is 2.18 bits per heavy atom. The number of thiazole rings is 1. The fourth-order valence-electron chi connectivity index (χ4n) is 1.64. The molecule has 98 valence electrons. The molecule has 1 aromatic rings. The van der Waals surface area contributed by atoms with Crippen molar-refractivity contribution < 1.29 is 4.74 Å². The molecule has 3 nitrogen and oxygen atoms in total. The SMILES string of the molecule is COCCNCC(C)CCc1nc(C)c(C)s1. The molecule has 0 saturated carbocycles. The molecule has 0 amide bonds. The minimum absolute atomic E-state index is 0.691. The van der Waals surface area contributed by atoms with E-state index in [9.17, 15) is 0 Å². The quantitative estimate of drug-likeness (QED) is 0.726. The van der Waals surface area contributed by atoms with E-state index < -0.39 is 0 Å². The predicted molar refractivity (Wildman–Crippen MR) is 73.8 cm³/mol. The average molecular weight is 256 g/mol. The van der Waals surface area contributed by atoms with E-state index in [2.05, 4.69) is 31.1 Å². The van der Waals surface area contributed by atoms with E-state index >= 15 is 0 Å². The second-order valence-corrected chi connectivity index (χ2v) is 5.88. The summed E-state index contributed by atoms with van der Waals surface area (Å²) in [5.41, 5.74) is 1.19. The zero-order chi connectivity index (χ0) is 12.7. The standard InChI is InChI=1S/C13H24N2OS/c1-10(9-14-7-8-16-4)5-6-13-15-11(2)12(3)17-13/h10,14H,5-9H2,1-4H3. The van der Waals surface area contributed by atoms with Crippen molar-refractivity contribution in [2.24, 2.45) is 5.92 Å². The van der Waals surface area contributed by atoms with E-state index in [1.165, 1.54) is 22.0 Å². The maximum absolute atomic E-state index is 5.00. The maximum Gasteiger partial charge on any atom is 0.0930 e. The molecule has 17 heavy (non-hydrogen) atoms. The van der Waals surface area contributed by atoms with E-state index in [0.29, 0.717) is 5.92 Å². The Hall–Kier alpha value is -0.450. The van der Waals surface area contributed by atoms with Crippen molar-refractivity contribution in [3.63, 3.8) is 0 Å². The van der Waals surface area contributed by atoms with Gasteiger partial charge in [0.15, 0.2) is 0 Å². The minimum atomic E-state index is 0.691. The Morgan fingerprint density at radius 1 is 1.41 bits per heavy atom. The van der Waals surface area contributed by atoms with Gasteiger partial charge in [0, 0.05) is 18.5 Å². The molecule has 0 aliphatic rings. The zero-order valence-corrected chi connectivity index (χ0v) is 12.2. The van der Waals surface area contributed by atoms with E-state index in [1.807, 2.05) is 11.3 Å². The minimum Gasteiger partial charge on any atom is -0.383 e. The van der Waals surface area contributed by atoms with E-state index in [-0.39, 0.29) is 0 Å². The molecule has 1 N–H and O–H groups in total. The summed E-state index contributed by atoms with van der Waals surface area (Å²) in [6, 6.07) is 0. The van der Waals surface area contributed by atoms with Gasteiger partial charge in [-0.1, -0.05) is 6.92 Å². The molecule has 1 rings (SSSR count). The van der Waals surface area contributed by atoms with Crippen LogP contribution in [-0.2, 0) is 11.2 Å². The van der Waals surface area contributed by atoms with Crippen LogP contribution in [0.1, 0.15) is 28.9 Å². The number of aromatic nitrogens is 1. The monoisotopic (exact) mass is 256 g/mol. The van der Waals surface area contributed by atoms with E-state index in [4.69, 9.17) is 4.74 Å². The summed E-state index contributed by atoms with van der Waals surface area (Å²) in [5.74, 6) is 0.691. The van der Waals surface area contributed by atoms with Gasteiger partial charge in [-0.25, -0.2) is 4.98 Å². The van der Waals surface area contributed by atoms with Gasteiger partial charge in [0.2, 0.25) is 0 Å². The summed E-state index contributed by atoms with van der Waals surface area (Å²) < 4.78 is 5.00. The summed E-state index contributed by atoms with van der Waals surface area (Å²) in [7, 11) is 1.73. The highest BCUT2D eigenvalue weighted by molar-refractivity contribution is 7.11. The van der Waals surface area contributed by atoms with Crippen molar-refractivity contribution in [2.75, 3.05) is 26.8 Å². The van der Waals surface area contributed by atoms with Crippen LogP contribution in [0.4, 0.5) is 0 Å². The summed E-state index contributed by atoms with van der Waals surface area (Å²) in [6.07, 6.45) is 2.30. The Morgan fingerprint density at radius 3 is 2.76 bits per heavy atom. The molecule has 0 saturated heterocycles. The van der Waals surface area contributed by atoms with Gasteiger partial charge in [-0.2, -0.15) is 0 Å². The van der Waals surface area contributed by atoms with Gasteiger partial charge < -0.3 is 10.1 Å². The van der Waals surface area contributed by atoms with Crippen LogP contribution in [0, 0.1) is 19.8 Å². The second kappa shape index (κ2) is 7.80. The van der Waals surface area contributed by atoms with Crippen molar-refractivity contribution in [3.8, 4) is 0 Å². The highest BCUT2D eigenvalue weighted by atomic mass is 32.1. The number of methoxy groups -OCH3 is 1. The van der Waals surface area contributed by atoms with Crippen molar-refractivity contribution in [3.05, 3.63) is 15.6 Å². The van der Waals surface area contributed by atoms with Crippen LogP contribution in [0.3, 0.4) is 0 Å². The van der Waals surface area contributed by atoms with Gasteiger partial charge in [-0.15, -0.1) is 11.3 Å². The summed E-state index contributed by atoms with van der Waals surface area (Å²) >= 11 is 1.84. The molecule has 1 atom stereocenters. The highest BCUT2D eigenvalue weighted by Crippen LogP contribution is 2.19. The van der Waals surface area contributed by atoms with Crippen LogP contribution >= 0.6 is 11.3 Å². The molecule has 0 spiro atoms. The normalized spacial score (nSPS) is 12.9. The van der Waals surface area contributed by atoms with Crippen molar-refractivity contribution >= 4 is 11.3 Å². The maximum atomic E-state index is 5.00. The summed E-state index contributed by atoms with van der Waals surface area (Å²) in [6.45, 7) is 9.31. The number of hydrogen-bond acceptors (Lipinski definition) is 4. The largest absolute Gasteiger partial charge is 0.383 e. The van der Waals surface area contributed by atoms with Gasteiger partial charge in [0.25, 0.3) is 0 Å². The topological polar surface area (TPSA) is 34.1 Å². The molecule has 1 aromatic heterocycles. The van der Waals surface area contributed by atoms with Gasteiger partial charge in [-0.3, -0.25) is 0 Å². The molecule has 1 unspecified atom stereocenters. The Kier molecular flexibility index (Phi) is 6.70. The van der Waals surface area contributed by atoms with E-state index in [0.717, 1.165) is 26.1 Å². The third kappa shape index (κ3) is 5.61. The Labute approximate surface area is 109 Å². The van der Waals surface area contributed by atoms with Crippen LogP contribution in [0.5, 0.6) is 0 Å². The molecule has 4 heteroatoms. The smallest absolute Gasteiger partial charge is 0.0930 e. The third-order valence-corrected chi connectivity index (χ3v) is 4.03. The molecule has 0 fully saturated rings. The fourth-order valence-corrected chi connectivity index (χ4v) is 2.59. The van der Waals surface area contributed by atoms with Crippen molar-refractivity contribution in [1.82, 2.24) is 10.3 Å². The molecule has 0 aliphatic carbocycles. The lowest BCUT2D eigenvalue weighted by Crippen LogP contribution is -2.25. The molecule has 0 aliphatic heterocycles. The highest BCUT2D eigenvalue weighted by Gasteiger charge is 2.06. The number of hydrogen-bond donors (Lipinski definition) is 1. The van der Waals surface area contributed by atoms with Crippen LogP contribution in [0.15, 0.2) is 0 Å². The fraction of sp³-hybridized carbons (Fsp3) is 0.769. The third-order valence-electron chi connectivity index (χ3n) is 2.90.